The maximum atomic E-state index is 11.6. The number of hydrogen-bond acceptors (Lipinski definition) is 6. The highest BCUT2D eigenvalue weighted by Gasteiger charge is 2.29. The number of methoxy groups -OCH3 is 2. The Balaban J connectivity index is 2.18. The smallest absolute Gasteiger partial charge is 0.407 e. The lowest BCUT2D eigenvalue weighted by Gasteiger charge is -2.31. The van der Waals surface area contributed by atoms with E-state index >= 15 is 0 Å². The van der Waals surface area contributed by atoms with Crippen LogP contribution in [0.2, 0.25) is 0 Å². The van der Waals surface area contributed by atoms with Crippen LogP contribution in [0.5, 0.6) is 11.5 Å². The molecule has 1 unspecified atom stereocenters. The summed E-state index contributed by atoms with van der Waals surface area (Å²) in [5.74, 6) is 4.15. The number of para-hydroxylation sites is 1. The number of alkyl carbamates (subject to hydrolysis) is 1. The van der Waals surface area contributed by atoms with Crippen LogP contribution in [0.4, 0.5) is 4.79 Å². The van der Waals surface area contributed by atoms with Crippen molar-refractivity contribution in [3.63, 3.8) is 0 Å². The van der Waals surface area contributed by atoms with E-state index in [1.165, 1.54) is 17.9 Å². The van der Waals surface area contributed by atoms with Gasteiger partial charge in [0.2, 0.25) is 0 Å². The van der Waals surface area contributed by atoms with Gasteiger partial charge in [0.05, 0.1) is 25.4 Å². The molecule has 140 valence electrons. The third-order valence-corrected chi connectivity index (χ3v) is 7.19. The van der Waals surface area contributed by atoms with Gasteiger partial charge in [-0.25, -0.2) is 4.79 Å². The molecular formula is C18H27NO4S2. The van der Waals surface area contributed by atoms with Crippen molar-refractivity contribution in [1.82, 2.24) is 5.32 Å². The van der Waals surface area contributed by atoms with Crippen molar-refractivity contribution in [2.75, 3.05) is 38.9 Å². The number of hydrogen-bond donors (Lipinski definition) is 1. The standard InChI is InChI=1S/C18H27NO4S2/c1-4-23-18(20)19-10-9-14(17-24-11-6-12-25-17)13-7-5-8-15(21-2)16(13)22-3/h5,7-8,14,17H,4,6,9-12H2,1-3H3,(H,19,20). The Hall–Kier alpha value is -1.21. The number of ether oxygens (including phenoxy) is 3. The Labute approximate surface area is 158 Å². The van der Waals surface area contributed by atoms with Crippen molar-refractivity contribution in [2.45, 2.75) is 30.3 Å². The topological polar surface area (TPSA) is 56.8 Å². The first-order valence-electron chi connectivity index (χ1n) is 8.56. The highest BCUT2D eigenvalue weighted by Crippen LogP contribution is 2.46. The van der Waals surface area contributed by atoms with Gasteiger partial charge < -0.3 is 19.5 Å². The maximum absolute atomic E-state index is 11.6. The molecule has 0 aromatic heterocycles. The summed E-state index contributed by atoms with van der Waals surface area (Å²) < 4.78 is 16.5. The average molecular weight is 386 g/mol. The summed E-state index contributed by atoms with van der Waals surface area (Å²) in [6.07, 6.45) is 1.71. The second-order valence-electron chi connectivity index (χ2n) is 5.59. The van der Waals surface area contributed by atoms with Gasteiger partial charge in [0.1, 0.15) is 0 Å². The number of nitrogens with one attached hydrogen (secondary N) is 1. The van der Waals surface area contributed by atoms with Crippen LogP contribution in [0.15, 0.2) is 18.2 Å². The van der Waals surface area contributed by atoms with Crippen molar-refractivity contribution in [3.05, 3.63) is 23.8 Å². The molecule has 1 atom stereocenters. The number of amides is 1. The summed E-state index contributed by atoms with van der Waals surface area (Å²) >= 11 is 3.98. The van der Waals surface area contributed by atoms with Gasteiger partial charge in [-0.1, -0.05) is 12.1 Å². The molecular weight excluding hydrogens is 358 g/mol. The highest BCUT2D eigenvalue weighted by molar-refractivity contribution is 8.17. The van der Waals surface area contributed by atoms with E-state index in [4.69, 9.17) is 14.2 Å². The largest absolute Gasteiger partial charge is 0.493 e. The Morgan fingerprint density at radius 1 is 1.28 bits per heavy atom. The molecule has 1 amide bonds. The van der Waals surface area contributed by atoms with Gasteiger partial charge in [-0.05, 0) is 37.3 Å². The molecule has 1 aromatic rings. The van der Waals surface area contributed by atoms with Crippen molar-refractivity contribution >= 4 is 29.6 Å². The lowest BCUT2D eigenvalue weighted by atomic mass is 9.96. The lowest BCUT2D eigenvalue weighted by molar-refractivity contribution is 0.152. The van der Waals surface area contributed by atoms with Gasteiger partial charge in [0.25, 0.3) is 0 Å². The van der Waals surface area contributed by atoms with E-state index in [1.807, 2.05) is 35.7 Å². The lowest BCUT2D eigenvalue weighted by Crippen LogP contribution is -2.28. The first-order valence-corrected chi connectivity index (χ1v) is 10.7. The number of rotatable bonds is 8. The Bertz CT molecular complexity index is 550. The van der Waals surface area contributed by atoms with E-state index in [2.05, 4.69) is 11.4 Å². The number of thioether (sulfide) groups is 2. The van der Waals surface area contributed by atoms with Crippen molar-refractivity contribution in [2.24, 2.45) is 0 Å². The van der Waals surface area contributed by atoms with Crippen molar-refractivity contribution < 1.29 is 19.0 Å². The minimum atomic E-state index is -0.359. The fraction of sp³-hybridized carbons (Fsp3) is 0.611. The zero-order chi connectivity index (χ0) is 18.1. The summed E-state index contributed by atoms with van der Waals surface area (Å²) in [5, 5.41) is 2.84. The molecule has 0 radical (unpaired) electrons. The molecule has 2 rings (SSSR count). The summed E-state index contributed by atoms with van der Waals surface area (Å²) in [6, 6.07) is 6.02. The van der Waals surface area contributed by atoms with Crippen LogP contribution >= 0.6 is 23.5 Å². The minimum absolute atomic E-state index is 0.266. The van der Waals surface area contributed by atoms with E-state index in [9.17, 15) is 4.79 Å². The predicted octanol–water partition coefficient (Wildman–Crippen LogP) is 4.12. The minimum Gasteiger partial charge on any atom is -0.493 e. The van der Waals surface area contributed by atoms with Gasteiger partial charge >= 0.3 is 6.09 Å². The van der Waals surface area contributed by atoms with E-state index in [-0.39, 0.29) is 12.0 Å². The average Bonchev–Trinajstić information content (AvgIpc) is 2.65. The van der Waals surface area contributed by atoms with Crippen LogP contribution in [0.1, 0.15) is 31.2 Å². The van der Waals surface area contributed by atoms with Crippen LogP contribution in [-0.4, -0.2) is 49.6 Å². The van der Waals surface area contributed by atoms with Crippen LogP contribution in [-0.2, 0) is 4.74 Å². The van der Waals surface area contributed by atoms with Gasteiger partial charge in [-0.2, -0.15) is 0 Å². The van der Waals surface area contributed by atoms with Crippen LogP contribution < -0.4 is 14.8 Å². The molecule has 1 saturated heterocycles. The first-order chi connectivity index (χ1) is 12.2. The zero-order valence-electron chi connectivity index (χ0n) is 15.1. The summed E-state index contributed by atoms with van der Waals surface area (Å²) in [7, 11) is 3.33. The second-order valence-corrected chi connectivity index (χ2v) is 8.39. The molecule has 0 saturated carbocycles. The third kappa shape index (κ3) is 5.64. The molecule has 1 aliphatic rings. The van der Waals surface area contributed by atoms with E-state index in [1.54, 1.807) is 21.1 Å². The van der Waals surface area contributed by atoms with Gasteiger partial charge in [0, 0.05) is 18.0 Å². The monoisotopic (exact) mass is 385 g/mol. The van der Waals surface area contributed by atoms with Gasteiger partial charge in [-0.15, -0.1) is 23.5 Å². The molecule has 1 heterocycles. The molecule has 25 heavy (non-hydrogen) atoms. The summed E-state index contributed by atoms with van der Waals surface area (Å²) in [6.45, 7) is 2.76. The number of carbonyl (C=O) groups excluding carboxylic acids is 1. The van der Waals surface area contributed by atoms with E-state index in [0.29, 0.717) is 17.7 Å². The van der Waals surface area contributed by atoms with Gasteiger partial charge in [0.15, 0.2) is 11.5 Å². The molecule has 0 bridgehead atoms. The Morgan fingerprint density at radius 2 is 2.04 bits per heavy atom. The maximum Gasteiger partial charge on any atom is 0.407 e. The second kappa shape index (κ2) is 10.7. The molecule has 1 aliphatic heterocycles. The normalized spacial score (nSPS) is 16.1. The molecule has 1 fully saturated rings. The van der Waals surface area contributed by atoms with E-state index < -0.39 is 0 Å². The van der Waals surface area contributed by atoms with Gasteiger partial charge in [-0.3, -0.25) is 0 Å². The Kier molecular flexibility index (Phi) is 8.61. The SMILES string of the molecule is CCOC(=O)NCCC(c1cccc(OC)c1OC)C1SCCCS1. The quantitative estimate of drug-likeness (QED) is 0.726. The van der Waals surface area contributed by atoms with Crippen molar-refractivity contribution in [3.8, 4) is 11.5 Å². The van der Waals surface area contributed by atoms with Crippen LogP contribution in [0.3, 0.4) is 0 Å². The fourth-order valence-electron chi connectivity index (χ4n) is 2.89. The van der Waals surface area contributed by atoms with E-state index in [0.717, 1.165) is 23.5 Å². The fourth-order valence-corrected chi connectivity index (χ4v) is 6.15. The molecule has 5 nitrogen and oxygen atoms in total. The zero-order valence-corrected chi connectivity index (χ0v) is 16.7. The summed E-state index contributed by atoms with van der Waals surface area (Å²) in [5.41, 5.74) is 1.14. The number of benzene rings is 1. The van der Waals surface area contributed by atoms with Crippen molar-refractivity contribution in [1.29, 1.82) is 0 Å². The number of carbonyl (C=O) groups is 1. The molecule has 0 spiro atoms. The van der Waals surface area contributed by atoms with Crippen LogP contribution in [0, 0.1) is 0 Å². The highest BCUT2D eigenvalue weighted by atomic mass is 32.2. The first kappa shape index (κ1) is 20.1. The molecule has 1 N–H and O–H groups in total. The summed E-state index contributed by atoms with van der Waals surface area (Å²) in [4.78, 5) is 11.6. The third-order valence-electron chi connectivity index (χ3n) is 4.01. The van der Waals surface area contributed by atoms with Crippen LogP contribution in [0.25, 0.3) is 0 Å². The molecule has 0 aliphatic carbocycles. The Morgan fingerprint density at radius 3 is 2.68 bits per heavy atom. The predicted molar refractivity (Wildman–Crippen MR) is 105 cm³/mol. The molecule has 7 heteroatoms. The molecule has 1 aromatic carbocycles.